The number of hydrogen-bond acceptors (Lipinski definition) is 3. The van der Waals surface area contributed by atoms with Crippen molar-refractivity contribution < 1.29 is 14.9 Å². The van der Waals surface area contributed by atoms with Crippen molar-refractivity contribution in [3.8, 4) is 0 Å². The van der Waals surface area contributed by atoms with E-state index in [0.29, 0.717) is 6.42 Å². The molecule has 1 heterocycles. The van der Waals surface area contributed by atoms with E-state index in [2.05, 4.69) is 0 Å². The van der Waals surface area contributed by atoms with E-state index in [4.69, 9.17) is 4.74 Å². The molecule has 4 atom stereocenters. The second kappa shape index (κ2) is 4.94. The van der Waals surface area contributed by atoms with Gasteiger partial charge in [0.1, 0.15) is 0 Å². The first-order valence-corrected chi connectivity index (χ1v) is 9.24. The molecular formula is C18H30O3. The van der Waals surface area contributed by atoms with Gasteiger partial charge in [-0.25, -0.2) is 0 Å². The summed E-state index contributed by atoms with van der Waals surface area (Å²) in [5, 5.41) is 22.9. The smallest absolute Gasteiger partial charge is 0.171 e. The molecule has 1 spiro atoms. The third-order valence-electron chi connectivity index (χ3n) is 7.06. The maximum Gasteiger partial charge on any atom is 0.171 e. The molecule has 0 aromatic rings. The molecule has 120 valence electrons. The Hall–Kier alpha value is -0.120. The zero-order valence-electron chi connectivity index (χ0n) is 13.1. The van der Waals surface area contributed by atoms with Crippen LogP contribution >= 0.6 is 0 Å². The van der Waals surface area contributed by atoms with Gasteiger partial charge in [-0.1, -0.05) is 38.5 Å². The molecule has 1 aliphatic heterocycles. The molecule has 0 aromatic heterocycles. The summed E-state index contributed by atoms with van der Waals surface area (Å²) in [5.74, 6) is -0.864. The average Bonchev–Trinajstić information content (AvgIpc) is 2.47. The number of aliphatic hydroxyl groups is 2. The van der Waals surface area contributed by atoms with Crippen LogP contribution in [-0.4, -0.2) is 27.2 Å². The van der Waals surface area contributed by atoms with Crippen LogP contribution in [0.5, 0.6) is 0 Å². The van der Waals surface area contributed by atoms with Crippen LogP contribution in [0, 0.1) is 11.8 Å². The van der Waals surface area contributed by atoms with Crippen molar-refractivity contribution in [2.24, 2.45) is 11.8 Å². The minimum atomic E-state index is -1.06. The number of ether oxygens (including phenoxy) is 1. The lowest BCUT2D eigenvalue weighted by Crippen LogP contribution is -2.72. The maximum absolute atomic E-state index is 11.6. The topological polar surface area (TPSA) is 49.7 Å². The molecule has 4 rings (SSSR count). The first-order chi connectivity index (χ1) is 10.1. The molecule has 0 unspecified atom stereocenters. The summed E-state index contributed by atoms with van der Waals surface area (Å²) in [5.41, 5.74) is -0.918. The van der Waals surface area contributed by atoms with Gasteiger partial charge in [0.15, 0.2) is 5.79 Å². The van der Waals surface area contributed by atoms with Gasteiger partial charge in [-0.05, 0) is 38.5 Å². The highest BCUT2D eigenvalue weighted by molar-refractivity contribution is 5.13. The molecule has 4 aliphatic rings. The monoisotopic (exact) mass is 294 g/mol. The Kier molecular flexibility index (Phi) is 3.40. The quantitative estimate of drug-likeness (QED) is 0.718. The summed E-state index contributed by atoms with van der Waals surface area (Å²) in [4.78, 5) is 0. The molecule has 3 saturated carbocycles. The van der Waals surface area contributed by atoms with Crippen LogP contribution in [0.2, 0.25) is 0 Å². The molecule has 3 heteroatoms. The highest BCUT2D eigenvalue weighted by Gasteiger charge is 2.66. The molecular weight excluding hydrogens is 264 g/mol. The molecule has 0 radical (unpaired) electrons. The summed E-state index contributed by atoms with van der Waals surface area (Å²) in [6, 6.07) is 0. The molecule has 2 N–H and O–H groups in total. The number of rotatable bonds is 0. The van der Waals surface area contributed by atoms with E-state index in [1.165, 1.54) is 25.7 Å². The zero-order valence-corrected chi connectivity index (χ0v) is 13.1. The van der Waals surface area contributed by atoms with Gasteiger partial charge < -0.3 is 14.9 Å². The van der Waals surface area contributed by atoms with E-state index in [0.717, 1.165) is 51.4 Å². The molecule has 3 aliphatic carbocycles. The fourth-order valence-corrected chi connectivity index (χ4v) is 6.23. The van der Waals surface area contributed by atoms with Crippen molar-refractivity contribution in [3.05, 3.63) is 0 Å². The zero-order chi connectivity index (χ0) is 14.6. The Morgan fingerprint density at radius 2 is 1.29 bits per heavy atom. The molecule has 0 bridgehead atoms. The lowest BCUT2D eigenvalue weighted by Gasteiger charge is -2.65. The minimum absolute atomic E-state index is 0.0587. The fraction of sp³-hybridized carbons (Fsp3) is 1.00. The summed E-state index contributed by atoms with van der Waals surface area (Å²) in [6.07, 6.45) is 13.8. The summed E-state index contributed by atoms with van der Waals surface area (Å²) < 4.78 is 6.54. The van der Waals surface area contributed by atoms with E-state index in [-0.39, 0.29) is 17.4 Å². The predicted octanol–water partition coefficient (Wildman–Crippen LogP) is 3.52. The van der Waals surface area contributed by atoms with Crippen LogP contribution in [0.25, 0.3) is 0 Å². The van der Waals surface area contributed by atoms with Crippen molar-refractivity contribution in [2.75, 3.05) is 0 Å². The largest absolute Gasteiger partial charge is 0.389 e. The lowest BCUT2D eigenvalue weighted by atomic mass is 9.53. The maximum atomic E-state index is 11.6. The first kappa shape index (κ1) is 14.5. The Morgan fingerprint density at radius 3 is 2.05 bits per heavy atom. The van der Waals surface area contributed by atoms with Crippen molar-refractivity contribution in [2.45, 2.75) is 100 Å². The van der Waals surface area contributed by atoms with Crippen LogP contribution in [-0.2, 0) is 4.74 Å². The van der Waals surface area contributed by atoms with E-state index in [9.17, 15) is 10.2 Å². The summed E-state index contributed by atoms with van der Waals surface area (Å²) in [7, 11) is 0. The van der Waals surface area contributed by atoms with Crippen molar-refractivity contribution >= 4 is 0 Å². The fourth-order valence-electron chi connectivity index (χ4n) is 6.23. The van der Waals surface area contributed by atoms with Gasteiger partial charge in [0.2, 0.25) is 0 Å². The van der Waals surface area contributed by atoms with Gasteiger partial charge in [0, 0.05) is 18.3 Å². The molecule has 0 amide bonds. The van der Waals surface area contributed by atoms with Gasteiger partial charge in [-0.2, -0.15) is 0 Å². The third kappa shape index (κ3) is 2.04. The van der Waals surface area contributed by atoms with Crippen LogP contribution in [0.15, 0.2) is 0 Å². The van der Waals surface area contributed by atoms with Gasteiger partial charge in [0.05, 0.1) is 11.2 Å². The predicted molar refractivity (Wildman–Crippen MR) is 80.7 cm³/mol. The van der Waals surface area contributed by atoms with E-state index < -0.39 is 11.4 Å². The normalized spacial score (nSPS) is 49.4. The Bertz CT molecular complexity index is 396. The van der Waals surface area contributed by atoms with Crippen molar-refractivity contribution in [1.82, 2.24) is 0 Å². The minimum Gasteiger partial charge on any atom is -0.389 e. The number of fused-ring (bicyclic) bond motifs is 4. The molecule has 4 fully saturated rings. The summed E-state index contributed by atoms with van der Waals surface area (Å²) >= 11 is 0. The molecule has 1 saturated heterocycles. The van der Waals surface area contributed by atoms with E-state index in [1.54, 1.807) is 0 Å². The Balaban J connectivity index is 1.76. The number of hydrogen-bond donors (Lipinski definition) is 2. The molecule has 3 nitrogen and oxygen atoms in total. The van der Waals surface area contributed by atoms with Gasteiger partial charge >= 0.3 is 0 Å². The molecule has 21 heavy (non-hydrogen) atoms. The second-order valence-corrected chi connectivity index (χ2v) is 8.16. The van der Waals surface area contributed by atoms with Gasteiger partial charge in [0.25, 0.3) is 0 Å². The SMILES string of the molecule is O[C@@]12CCCC[C@H]1C1(CCCCC1)O[C@@]1(O)CCCC[C@@H]21. The lowest BCUT2D eigenvalue weighted by molar-refractivity contribution is -0.399. The van der Waals surface area contributed by atoms with Gasteiger partial charge in [-0.15, -0.1) is 0 Å². The van der Waals surface area contributed by atoms with E-state index >= 15 is 0 Å². The van der Waals surface area contributed by atoms with Crippen LogP contribution in [0.1, 0.15) is 83.5 Å². The third-order valence-corrected chi connectivity index (χ3v) is 7.06. The van der Waals surface area contributed by atoms with Crippen molar-refractivity contribution in [3.63, 3.8) is 0 Å². The average molecular weight is 294 g/mol. The van der Waals surface area contributed by atoms with Gasteiger partial charge in [-0.3, -0.25) is 0 Å². The summed E-state index contributed by atoms with van der Waals surface area (Å²) in [6.45, 7) is 0. The van der Waals surface area contributed by atoms with Crippen LogP contribution < -0.4 is 0 Å². The van der Waals surface area contributed by atoms with Crippen LogP contribution in [0.3, 0.4) is 0 Å². The standard InChI is InChI=1S/C18H30O3/c19-17-12-6-2-8-14(17)16(10-4-1-5-11-16)21-18(20)13-7-3-9-15(17)18/h14-15,19-20H,1-13H2/t14-,15-,17-,18-/m0/s1. The van der Waals surface area contributed by atoms with E-state index in [1.807, 2.05) is 0 Å². The van der Waals surface area contributed by atoms with Crippen molar-refractivity contribution in [1.29, 1.82) is 0 Å². The van der Waals surface area contributed by atoms with Crippen LogP contribution in [0.4, 0.5) is 0 Å². The first-order valence-electron chi connectivity index (χ1n) is 9.24. The second-order valence-electron chi connectivity index (χ2n) is 8.16. The highest BCUT2D eigenvalue weighted by atomic mass is 16.6. The Morgan fingerprint density at radius 1 is 0.667 bits per heavy atom. The highest BCUT2D eigenvalue weighted by Crippen LogP contribution is 2.61. The Labute approximate surface area is 128 Å². The molecule has 0 aromatic carbocycles.